The van der Waals surface area contributed by atoms with E-state index in [2.05, 4.69) is 19.2 Å². The zero-order chi connectivity index (χ0) is 15.2. The van der Waals surface area contributed by atoms with E-state index in [0.717, 1.165) is 19.3 Å². The van der Waals surface area contributed by atoms with Gasteiger partial charge in [-0.3, -0.25) is 9.59 Å². The van der Waals surface area contributed by atoms with Crippen molar-refractivity contribution in [1.82, 2.24) is 5.32 Å². The van der Waals surface area contributed by atoms with Crippen molar-refractivity contribution in [2.45, 2.75) is 46.0 Å². The molecule has 2 atom stereocenters. The third kappa shape index (κ3) is 5.12. The van der Waals surface area contributed by atoms with Crippen LogP contribution in [-0.2, 0) is 14.3 Å². The van der Waals surface area contributed by atoms with Gasteiger partial charge in [0, 0.05) is 20.3 Å². The maximum atomic E-state index is 12.2. The molecule has 1 amide bonds. The molecule has 1 aliphatic rings. The summed E-state index contributed by atoms with van der Waals surface area (Å²) in [5.41, 5.74) is -0.0426. The molecule has 0 bridgehead atoms. The maximum absolute atomic E-state index is 12.2. The Bertz CT molecular complexity index is 341. The largest absolute Gasteiger partial charge is 0.481 e. The van der Waals surface area contributed by atoms with E-state index < -0.39 is 11.9 Å². The summed E-state index contributed by atoms with van der Waals surface area (Å²) in [4.78, 5) is 23.4. The monoisotopic (exact) mass is 285 g/mol. The predicted octanol–water partition coefficient (Wildman–Crippen LogP) is 2.06. The van der Waals surface area contributed by atoms with E-state index in [1.165, 1.54) is 0 Å². The van der Waals surface area contributed by atoms with Crippen LogP contribution in [0.4, 0.5) is 0 Å². The fraction of sp³-hybridized carbons (Fsp3) is 0.867. The number of aliphatic carboxylic acids is 1. The molecule has 1 rings (SSSR count). The minimum absolute atomic E-state index is 0.0426. The second kappa shape index (κ2) is 7.62. The summed E-state index contributed by atoms with van der Waals surface area (Å²) in [7, 11) is 1.66. The zero-order valence-electron chi connectivity index (χ0n) is 12.8. The van der Waals surface area contributed by atoms with Crippen LogP contribution in [0, 0.1) is 17.3 Å². The van der Waals surface area contributed by atoms with Gasteiger partial charge in [-0.15, -0.1) is 0 Å². The van der Waals surface area contributed by atoms with Crippen LogP contribution < -0.4 is 5.32 Å². The zero-order valence-corrected chi connectivity index (χ0v) is 12.8. The first-order valence-electron chi connectivity index (χ1n) is 7.37. The van der Waals surface area contributed by atoms with Crippen molar-refractivity contribution < 1.29 is 19.4 Å². The van der Waals surface area contributed by atoms with Gasteiger partial charge in [-0.1, -0.05) is 26.7 Å². The molecule has 2 N–H and O–H groups in total. The molecule has 0 spiro atoms. The third-order valence-corrected chi connectivity index (χ3v) is 4.14. The lowest BCUT2D eigenvalue weighted by Gasteiger charge is -2.30. The summed E-state index contributed by atoms with van der Waals surface area (Å²) < 4.78 is 5.06. The van der Waals surface area contributed by atoms with Crippen LogP contribution in [-0.4, -0.2) is 37.2 Å². The Balaban J connectivity index is 2.50. The predicted molar refractivity (Wildman–Crippen MR) is 76.4 cm³/mol. The van der Waals surface area contributed by atoms with E-state index in [1.807, 2.05) is 0 Å². The number of hydrogen-bond donors (Lipinski definition) is 2. The topological polar surface area (TPSA) is 75.6 Å². The van der Waals surface area contributed by atoms with E-state index in [0.29, 0.717) is 26.0 Å². The second-order valence-corrected chi connectivity index (χ2v) is 6.46. The van der Waals surface area contributed by atoms with E-state index in [-0.39, 0.29) is 17.2 Å². The minimum Gasteiger partial charge on any atom is -0.481 e. The Hall–Kier alpha value is -1.10. The normalized spacial score (nSPS) is 23.4. The Kier molecular flexibility index (Phi) is 6.46. The molecule has 0 aliphatic heterocycles. The fourth-order valence-corrected chi connectivity index (χ4v) is 2.66. The first-order valence-corrected chi connectivity index (χ1v) is 7.37. The molecule has 0 saturated heterocycles. The van der Waals surface area contributed by atoms with Crippen molar-refractivity contribution in [3.8, 4) is 0 Å². The van der Waals surface area contributed by atoms with Crippen LogP contribution in [0.1, 0.15) is 46.0 Å². The lowest BCUT2D eigenvalue weighted by atomic mass is 9.78. The van der Waals surface area contributed by atoms with Crippen LogP contribution in [0.25, 0.3) is 0 Å². The first-order chi connectivity index (χ1) is 9.37. The maximum Gasteiger partial charge on any atom is 0.307 e. The number of carboxylic acids is 1. The molecule has 0 aromatic carbocycles. The lowest BCUT2D eigenvalue weighted by Crippen LogP contribution is -2.43. The number of methoxy groups -OCH3 is 1. The minimum atomic E-state index is -0.844. The number of nitrogens with one attached hydrogen (secondary N) is 1. The van der Waals surface area contributed by atoms with Crippen LogP contribution in [0.3, 0.4) is 0 Å². The van der Waals surface area contributed by atoms with Crippen molar-refractivity contribution in [2.24, 2.45) is 17.3 Å². The first kappa shape index (κ1) is 17.0. The highest BCUT2D eigenvalue weighted by Crippen LogP contribution is 2.30. The average Bonchev–Trinajstić information content (AvgIpc) is 2.42. The average molecular weight is 285 g/mol. The number of ether oxygens (including phenoxy) is 1. The number of carboxylic acid groups (broad SMARTS) is 1. The van der Waals surface area contributed by atoms with Crippen LogP contribution in [0.2, 0.25) is 0 Å². The van der Waals surface area contributed by atoms with Crippen LogP contribution >= 0.6 is 0 Å². The van der Waals surface area contributed by atoms with E-state index in [1.54, 1.807) is 7.11 Å². The molecule has 2 unspecified atom stereocenters. The smallest absolute Gasteiger partial charge is 0.307 e. The Labute approximate surface area is 121 Å². The van der Waals surface area contributed by atoms with E-state index in [9.17, 15) is 14.7 Å². The standard InChI is InChI=1S/C15H27NO4/c1-15(2,8-9-20-3)10-16-13(17)11-6-4-5-7-12(11)14(18)19/h11-12H,4-10H2,1-3H3,(H,16,17)(H,18,19). The van der Waals surface area contributed by atoms with Crippen molar-refractivity contribution in [3.05, 3.63) is 0 Å². The number of hydrogen-bond acceptors (Lipinski definition) is 3. The summed E-state index contributed by atoms with van der Waals surface area (Å²) in [6.45, 7) is 5.35. The van der Waals surface area contributed by atoms with Gasteiger partial charge in [0.05, 0.1) is 11.8 Å². The summed E-state index contributed by atoms with van der Waals surface area (Å²) in [5, 5.41) is 12.1. The summed E-state index contributed by atoms with van der Waals surface area (Å²) in [5.74, 6) is -1.85. The van der Waals surface area contributed by atoms with Gasteiger partial charge in [0.2, 0.25) is 5.91 Å². The highest BCUT2D eigenvalue weighted by molar-refractivity contribution is 5.84. The van der Waals surface area contributed by atoms with Gasteiger partial charge < -0.3 is 15.2 Å². The number of amides is 1. The molecule has 20 heavy (non-hydrogen) atoms. The summed E-state index contributed by atoms with van der Waals surface area (Å²) in [6.07, 6.45) is 3.99. The molecule has 0 radical (unpaired) electrons. The Morgan fingerprint density at radius 2 is 1.85 bits per heavy atom. The van der Waals surface area contributed by atoms with Crippen molar-refractivity contribution in [2.75, 3.05) is 20.3 Å². The highest BCUT2D eigenvalue weighted by atomic mass is 16.5. The van der Waals surface area contributed by atoms with Crippen molar-refractivity contribution >= 4 is 11.9 Å². The molecule has 116 valence electrons. The molecule has 1 fully saturated rings. The fourth-order valence-electron chi connectivity index (χ4n) is 2.66. The molecule has 1 aliphatic carbocycles. The van der Waals surface area contributed by atoms with Crippen molar-refractivity contribution in [3.63, 3.8) is 0 Å². The van der Waals surface area contributed by atoms with Gasteiger partial charge in [0.15, 0.2) is 0 Å². The molecule has 1 saturated carbocycles. The van der Waals surface area contributed by atoms with Gasteiger partial charge in [-0.2, -0.15) is 0 Å². The summed E-state index contributed by atoms with van der Waals surface area (Å²) in [6, 6.07) is 0. The Morgan fingerprint density at radius 3 is 2.40 bits per heavy atom. The van der Waals surface area contributed by atoms with Crippen LogP contribution in [0.15, 0.2) is 0 Å². The molecule has 0 heterocycles. The molecule has 0 aromatic heterocycles. The molecule has 5 nitrogen and oxygen atoms in total. The third-order valence-electron chi connectivity index (χ3n) is 4.14. The molecule has 5 heteroatoms. The molecule has 0 aromatic rings. The van der Waals surface area contributed by atoms with Crippen LogP contribution in [0.5, 0.6) is 0 Å². The van der Waals surface area contributed by atoms with Gasteiger partial charge >= 0.3 is 5.97 Å². The number of rotatable bonds is 7. The van der Waals surface area contributed by atoms with Gasteiger partial charge in [0.1, 0.15) is 0 Å². The summed E-state index contributed by atoms with van der Waals surface area (Å²) >= 11 is 0. The highest BCUT2D eigenvalue weighted by Gasteiger charge is 2.36. The quantitative estimate of drug-likeness (QED) is 0.750. The number of carbonyl (C=O) groups is 2. The van der Waals surface area contributed by atoms with E-state index >= 15 is 0 Å². The lowest BCUT2D eigenvalue weighted by molar-refractivity contribution is -0.149. The van der Waals surface area contributed by atoms with Gasteiger partial charge in [-0.25, -0.2) is 0 Å². The SMILES string of the molecule is COCCC(C)(C)CNC(=O)C1CCCCC1C(=O)O. The van der Waals surface area contributed by atoms with Gasteiger partial charge in [-0.05, 0) is 24.7 Å². The van der Waals surface area contributed by atoms with Crippen molar-refractivity contribution in [1.29, 1.82) is 0 Å². The number of carbonyl (C=O) groups excluding carboxylic acids is 1. The molecular formula is C15H27NO4. The molecular weight excluding hydrogens is 258 g/mol. The Morgan fingerprint density at radius 1 is 1.25 bits per heavy atom. The second-order valence-electron chi connectivity index (χ2n) is 6.46. The van der Waals surface area contributed by atoms with Gasteiger partial charge in [0.25, 0.3) is 0 Å². The van der Waals surface area contributed by atoms with E-state index in [4.69, 9.17) is 4.74 Å².